The summed E-state index contributed by atoms with van der Waals surface area (Å²) < 4.78 is 34.5. The Morgan fingerprint density at radius 1 is 0.947 bits per heavy atom. The number of anilines is 1. The number of amides is 2. The molecule has 0 spiro atoms. The second-order valence-electron chi connectivity index (χ2n) is 8.44. The van der Waals surface area contributed by atoms with Crippen LogP contribution in [0.15, 0.2) is 83.8 Å². The summed E-state index contributed by atoms with van der Waals surface area (Å²) in [6.45, 7) is 5.47. The van der Waals surface area contributed by atoms with Gasteiger partial charge in [-0.1, -0.05) is 54.1 Å². The van der Waals surface area contributed by atoms with Gasteiger partial charge < -0.3 is 15.0 Å². The lowest BCUT2D eigenvalue weighted by Gasteiger charge is -2.32. The Morgan fingerprint density at radius 2 is 1.58 bits per heavy atom. The highest BCUT2D eigenvalue weighted by molar-refractivity contribution is 7.92. The number of nitrogens with one attached hydrogen (secondary N) is 1. The van der Waals surface area contributed by atoms with Crippen LogP contribution in [0.3, 0.4) is 0 Å². The molecular formula is C28H32ClN3O5S. The number of benzene rings is 3. The lowest BCUT2D eigenvalue weighted by Crippen LogP contribution is -2.51. The number of para-hydroxylation sites is 2. The van der Waals surface area contributed by atoms with Crippen LogP contribution in [0.2, 0.25) is 5.02 Å². The summed E-state index contributed by atoms with van der Waals surface area (Å²) in [4.78, 5) is 28.0. The second kappa shape index (κ2) is 13.3. The number of sulfonamides is 1. The van der Waals surface area contributed by atoms with Crippen molar-refractivity contribution >= 4 is 39.1 Å². The standard InChI is InChI=1S/C28H32ClN3O5S/c1-4-30-28(34)21(3)31(19-22-11-7-6-8-12-22)27(33)20-32(25-13-9-10-14-26(25)37-5-2)38(35,36)24-17-15-23(29)16-18-24/h6-18,21H,4-5,19-20H2,1-3H3,(H,30,34)/t21-/m0/s1. The van der Waals surface area contributed by atoms with Crippen LogP contribution >= 0.6 is 11.6 Å². The summed E-state index contributed by atoms with van der Waals surface area (Å²) in [5, 5.41) is 3.12. The molecule has 0 saturated carbocycles. The van der Waals surface area contributed by atoms with E-state index < -0.39 is 28.5 Å². The maximum absolute atomic E-state index is 13.9. The number of carbonyl (C=O) groups is 2. The molecule has 3 aromatic rings. The third kappa shape index (κ3) is 7.05. The average molecular weight is 558 g/mol. The molecule has 2 amide bonds. The molecule has 1 N–H and O–H groups in total. The Balaban J connectivity index is 2.07. The van der Waals surface area contributed by atoms with Crippen molar-refractivity contribution in [3.05, 3.63) is 89.4 Å². The molecule has 0 heterocycles. The van der Waals surface area contributed by atoms with Crippen molar-refractivity contribution in [1.82, 2.24) is 10.2 Å². The number of rotatable bonds is 12. The summed E-state index contributed by atoms with van der Waals surface area (Å²) >= 11 is 5.99. The van der Waals surface area contributed by atoms with Crippen LogP contribution < -0.4 is 14.4 Å². The molecule has 10 heteroatoms. The van der Waals surface area contributed by atoms with E-state index in [1.807, 2.05) is 30.3 Å². The zero-order valence-corrected chi connectivity index (χ0v) is 23.2. The minimum atomic E-state index is -4.22. The van der Waals surface area contributed by atoms with Gasteiger partial charge in [0.25, 0.3) is 10.0 Å². The zero-order valence-electron chi connectivity index (χ0n) is 21.6. The minimum absolute atomic E-state index is 0.0348. The Morgan fingerprint density at radius 3 is 2.21 bits per heavy atom. The number of hydrogen-bond acceptors (Lipinski definition) is 5. The molecule has 38 heavy (non-hydrogen) atoms. The Labute approximate surface area is 229 Å². The maximum Gasteiger partial charge on any atom is 0.264 e. The highest BCUT2D eigenvalue weighted by Gasteiger charge is 2.33. The molecule has 0 aliphatic carbocycles. The van der Waals surface area contributed by atoms with Gasteiger partial charge in [-0.25, -0.2) is 8.42 Å². The Bertz CT molecular complexity index is 1330. The van der Waals surface area contributed by atoms with E-state index in [1.165, 1.54) is 29.2 Å². The third-order valence-corrected chi connectivity index (χ3v) is 7.85. The molecule has 1 atom stereocenters. The predicted octanol–water partition coefficient (Wildman–Crippen LogP) is 4.49. The first-order valence-corrected chi connectivity index (χ1v) is 14.1. The zero-order chi connectivity index (χ0) is 27.7. The van der Waals surface area contributed by atoms with Crippen LogP contribution in [-0.4, -0.2) is 50.9 Å². The van der Waals surface area contributed by atoms with Crippen LogP contribution in [0.5, 0.6) is 5.75 Å². The van der Waals surface area contributed by atoms with Gasteiger partial charge in [0.2, 0.25) is 11.8 Å². The molecule has 0 aromatic heterocycles. The second-order valence-corrected chi connectivity index (χ2v) is 10.7. The van der Waals surface area contributed by atoms with Crippen LogP contribution in [0.1, 0.15) is 26.3 Å². The first-order valence-electron chi connectivity index (χ1n) is 12.3. The number of carbonyl (C=O) groups excluding carboxylic acids is 2. The summed E-state index contributed by atoms with van der Waals surface area (Å²) in [5.41, 5.74) is 1.02. The van der Waals surface area contributed by atoms with Crippen molar-refractivity contribution in [1.29, 1.82) is 0 Å². The van der Waals surface area contributed by atoms with Crippen molar-refractivity contribution in [3.8, 4) is 5.75 Å². The predicted molar refractivity (Wildman–Crippen MR) is 149 cm³/mol. The van der Waals surface area contributed by atoms with Crippen molar-refractivity contribution in [2.45, 2.75) is 38.3 Å². The van der Waals surface area contributed by atoms with Gasteiger partial charge in [-0.15, -0.1) is 0 Å². The van der Waals surface area contributed by atoms with Crippen molar-refractivity contribution in [2.24, 2.45) is 0 Å². The number of nitrogens with zero attached hydrogens (tertiary/aromatic N) is 2. The van der Waals surface area contributed by atoms with Crippen LogP contribution in [-0.2, 0) is 26.2 Å². The van der Waals surface area contributed by atoms with Gasteiger partial charge >= 0.3 is 0 Å². The molecule has 3 rings (SSSR count). The molecule has 3 aromatic carbocycles. The molecule has 8 nitrogen and oxygen atoms in total. The van der Waals surface area contributed by atoms with Crippen molar-refractivity contribution in [3.63, 3.8) is 0 Å². The van der Waals surface area contributed by atoms with Crippen molar-refractivity contribution in [2.75, 3.05) is 24.0 Å². The van der Waals surface area contributed by atoms with Gasteiger partial charge in [-0.3, -0.25) is 13.9 Å². The summed E-state index contributed by atoms with van der Waals surface area (Å²) in [6, 6.07) is 20.7. The molecule has 0 bridgehead atoms. The number of ether oxygens (including phenoxy) is 1. The number of likely N-dealkylation sites (N-methyl/N-ethyl adjacent to an activating group) is 1. The van der Waals surface area contributed by atoms with E-state index in [0.717, 1.165) is 9.87 Å². The quantitative estimate of drug-likeness (QED) is 0.354. The van der Waals surface area contributed by atoms with Gasteiger partial charge in [-0.2, -0.15) is 0 Å². The highest BCUT2D eigenvalue weighted by Crippen LogP contribution is 2.33. The third-order valence-electron chi connectivity index (χ3n) is 5.83. The molecule has 202 valence electrons. The molecule has 0 saturated heterocycles. The first kappa shape index (κ1) is 29.0. The lowest BCUT2D eigenvalue weighted by atomic mass is 10.1. The molecule has 0 unspecified atom stereocenters. The fourth-order valence-corrected chi connectivity index (χ4v) is 5.42. The average Bonchev–Trinajstić information content (AvgIpc) is 2.91. The van der Waals surface area contributed by atoms with E-state index in [1.54, 1.807) is 45.0 Å². The summed E-state index contributed by atoms with van der Waals surface area (Å²) in [5.74, 6) is -0.568. The monoisotopic (exact) mass is 557 g/mol. The number of halogens is 1. The van der Waals surface area contributed by atoms with Crippen LogP contribution in [0.4, 0.5) is 5.69 Å². The van der Waals surface area contributed by atoms with E-state index in [9.17, 15) is 18.0 Å². The molecule has 0 radical (unpaired) electrons. The normalized spacial score (nSPS) is 11.9. The van der Waals surface area contributed by atoms with Crippen LogP contribution in [0.25, 0.3) is 0 Å². The number of hydrogen-bond donors (Lipinski definition) is 1. The highest BCUT2D eigenvalue weighted by atomic mass is 35.5. The van der Waals surface area contributed by atoms with Gasteiger partial charge in [0.15, 0.2) is 0 Å². The summed E-state index contributed by atoms with van der Waals surface area (Å²) in [7, 11) is -4.22. The van der Waals surface area contributed by atoms with Gasteiger partial charge in [0, 0.05) is 18.1 Å². The van der Waals surface area contributed by atoms with Gasteiger partial charge in [-0.05, 0) is 62.7 Å². The molecule has 0 aliphatic heterocycles. The maximum atomic E-state index is 13.9. The van der Waals surface area contributed by atoms with Crippen LogP contribution in [0, 0.1) is 0 Å². The SMILES string of the molecule is CCNC(=O)[C@H](C)N(Cc1ccccc1)C(=O)CN(c1ccccc1OCC)S(=O)(=O)c1ccc(Cl)cc1. The molecular weight excluding hydrogens is 526 g/mol. The topological polar surface area (TPSA) is 96.0 Å². The minimum Gasteiger partial charge on any atom is -0.492 e. The smallest absolute Gasteiger partial charge is 0.264 e. The fraction of sp³-hybridized carbons (Fsp3) is 0.286. The van der Waals surface area contributed by atoms with E-state index >= 15 is 0 Å². The van der Waals surface area contributed by atoms with E-state index in [4.69, 9.17) is 16.3 Å². The lowest BCUT2D eigenvalue weighted by molar-refractivity contribution is -0.139. The Hall–Kier alpha value is -3.56. The van der Waals surface area contributed by atoms with Gasteiger partial charge in [0.05, 0.1) is 17.2 Å². The van der Waals surface area contributed by atoms with Crippen molar-refractivity contribution < 1.29 is 22.7 Å². The van der Waals surface area contributed by atoms with E-state index in [-0.39, 0.29) is 23.0 Å². The largest absolute Gasteiger partial charge is 0.492 e. The van der Waals surface area contributed by atoms with E-state index in [0.29, 0.717) is 23.9 Å². The summed E-state index contributed by atoms with van der Waals surface area (Å²) in [6.07, 6.45) is 0. The van der Waals surface area contributed by atoms with Gasteiger partial charge in [0.1, 0.15) is 18.3 Å². The Kier molecular flexibility index (Phi) is 10.2. The first-order chi connectivity index (χ1) is 18.2. The fourth-order valence-electron chi connectivity index (χ4n) is 3.87. The molecule has 0 fully saturated rings. The van der Waals surface area contributed by atoms with E-state index in [2.05, 4.69) is 5.32 Å². The molecule has 0 aliphatic rings.